The van der Waals surface area contributed by atoms with Gasteiger partial charge in [-0.2, -0.15) is 0 Å². The van der Waals surface area contributed by atoms with Crippen molar-refractivity contribution >= 4 is 5.82 Å². The molecule has 1 N–H and O–H groups in total. The lowest BCUT2D eigenvalue weighted by Gasteiger charge is -2.19. The second kappa shape index (κ2) is 7.62. The lowest BCUT2D eigenvalue weighted by molar-refractivity contribution is 0.300. The summed E-state index contributed by atoms with van der Waals surface area (Å²) >= 11 is 0. The minimum atomic E-state index is -0.283. The van der Waals surface area contributed by atoms with E-state index in [4.69, 9.17) is 4.74 Å². The Morgan fingerprint density at radius 2 is 2.21 bits per heavy atom. The van der Waals surface area contributed by atoms with Crippen LogP contribution in [0.25, 0.3) is 0 Å². The van der Waals surface area contributed by atoms with E-state index in [0.717, 1.165) is 36.3 Å². The van der Waals surface area contributed by atoms with E-state index in [1.807, 2.05) is 25.4 Å². The Morgan fingerprint density at radius 3 is 2.96 bits per heavy atom. The molecule has 0 aliphatic carbocycles. The number of anilines is 1. The number of fused-ring (bicyclic) bond motifs is 1. The summed E-state index contributed by atoms with van der Waals surface area (Å²) in [5.41, 5.74) is 2.02. The zero-order valence-electron chi connectivity index (χ0n) is 14.3. The molecule has 0 fully saturated rings. The number of nitrogens with one attached hydrogen (secondary N) is 1. The third-order valence-electron chi connectivity index (χ3n) is 4.48. The van der Waals surface area contributed by atoms with Crippen LogP contribution in [0.3, 0.4) is 0 Å². The number of halogens is 1. The maximum atomic E-state index is 14.0. The summed E-state index contributed by atoms with van der Waals surface area (Å²) in [4.78, 5) is 6.59. The highest BCUT2D eigenvalue weighted by Crippen LogP contribution is 2.33. The van der Waals surface area contributed by atoms with Crippen LogP contribution in [0.4, 0.5) is 10.2 Å². The Bertz CT molecular complexity index is 675. The molecule has 24 heavy (non-hydrogen) atoms. The fraction of sp³-hybridized carbons (Fsp3) is 0.421. The molecule has 0 spiro atoms. The molecule has 128 valence electrons. The number of para-hydroxylation sites is 1. The summed E-state index contributed by atoms with van der Waals surface area (Å²) in [7, 11) is 2.03. The van der Waals surface area contributed by atoms with E-state index in [0.29, 0.717) is 18.9 Å². The first-order chi connectivity index (χ1) is 11.7. The minimum Gasteiger partial charge on any atom is -0.490 e. The van der Waals surface area contributed by atoms with Gasteiger partial charge in [-0.05, 0) is 37.5 Å². The Balaban J connectivity index is 1.69. The number of ether oxygens (including phenoxy) is 1. The van der Waals surface area contributed by atoms with Crippen molar-refractivity contribution in [1.29, 1.82) is 0 Å². The monoisotopic (exact) mass is 329 g/mol. The number of rotatable bonds is 5. The smallest absolute Gasteiger partial charge is 0.165 e. The number of hydrogen-bond donors (Lipinski definition) is 1. The van der Waals surface area contributed by atoms with Crippen LogP contribution in [-0.2, 0) is 6.54 Å². The predicted octanol–water partition coefficient (Wildman–Crippen LogP) is 3.68. The van der Waals surface area contributed by atoms with Gasteiger partial charge in [0.25, 0.3) is 0 Å². The van der Waals surface area contributed by atoms with Gasteiger partial charge in [-0.25, -0.2) is 9.37 Å². The average Bonchev–Trinajstić information content (AvgIpc) is 2.83. The van der Waals surface area contributed by atoms with E-state index in [2.05, 4.69) is 28.2 Å². The number of nitrogens with zero attached hydrogens (tertiary/aromatic N) is 2. The zero-order valence-corrected chi connectivity index (χ0v) is 14.3. The van der Waals surface area contributed by atoms with Crippen molar-refractivity contribution in [2.24, 2.45) is 0 Å². The van der Waals surface area contributed by atoms with Gasteiger partial charge in [0.15, 0.2) is 11.6 Å². The van der Waals surface area contributed by atoms with Gasteiger partial charge < -0.3 is 15.0 Å². The number of aromatic nitrogens is 1. The van der Waals surface area contributed by atoms with Gasteiger partial charge in [-0.3, -0.25) is 0 Å². The van der Waals surface area contributed by atoms with Gasteiger partial charge in [0.1, 0.15) is 5.82 Å². The Hall–Kier alpha value is -2.14. The second-order valence-corrected chi connectivity index (χ2v) is 6.12. The van der Waals surface area contributed by atoms with Crippen LogP contribution >= 0.6 is 0 Å². The van der Waals surface area contributed by atoms with Crippen LogP contribution in [0.1, 0.15) is 36.9 Å². The molecule has 2 aromatic rings. The molecule has 0 radical (unpaired) electrons. The lowest BCUT2D eigenvalue weighted by atomic mass is 10.0. The zero-order chi connectivity index (χ0) is 16.9. The third-order valence-corrected chi connectivity index (χ3v) is 4.48. The van der Waals surface area contributed by atoms with Gasteiger partial charge in [0.05, 0.1) is 6.61 Å². The van der Waals surface area contributed by atoms with E-state index >= 15 is 0 Å². The summed E-state index contributed by atoms with van der Waals surface area (Å²) in [5.74, 6) is 1.08. The summed E-state index contributed by atoms with van der Waals surface area (Å²) in [6, 6.07) is 9.35. The van der Waals surface area contributed by atoms with Gasteiger partial charge in [-0.15, -0.1) is 0 Å². The Morgan fingerprint density at radius 1 is 1.33 bits per heavy atom. The topological polar surface area (TPSA) is 37.4 Å². The van der Waals surface area contributed by atoms with Crippen molar-refractivity contribution in [3.63, 3.8) is 0 Å². The molecule has 1 aromatic carbocycles. The summed E-state index contributed by atoms with van der Waals surface area (Å²) < 4.78 is 19.6. The molecule has 0 unspecified atom stereocenters. The van der Waals surface area contributed by atoms with E-state index in [-0.39, 0.29) is 11.9 Å². The third kappa shape index (κ3) is 3.67. The van der Waals surface area contributed by atoms with Crippen LogP contribution in [0, 0.1) is 5.82 Å². The van der Waals surface area contributed by atoms with Crippen molar-refractivity contribution in [2.75, 3.05) is 25.1 Å². The van der Waals surface area contributed by atoms with E-state index in [9.17, 15) is 4.39 Å². The van der Waals surface area contributed by atoms with Crippen LogP contribution in [0.15, 0.2) is 36.5 Å². The molecule has 1 aromatic heterocycles. The molecule has 3 rings (SSSR count). The second-order valence-electron chi connectivity index (χ2n) is 6.12. The standard InChI is InChI=1S/C19H24FN3O/c1-3-23(2)18-10-9-14(13-22-18)12-21-17-8-5-11-24-19-15(17)6-4-7-16(19)20/h4,6-7,9-10,13,17,21H,3,5,8,11-12H2,1-2H3/t17-/m1/s1. The van der Waals surface area contributed by atoms with Crippen molar-refractivity contribution in [3.8, 4) is 5.75 Å². The number of pyridine rings is 1. The van der Waals surface area contributed by atoms with Crippen molar-refractivity contribution in [3.05, 3.63) is 53.5 Å². The first-order valence-electron chi connectivity index (χ1n) is 8.49. The first kappa shape index (κ1) is 16.7. The van der Waals surface area contributed by atoms with Crippen molar-refractivity contribution in [2.45, 2.75) is 32.4 Å². The maximum Gasteiger partial charge on any atom is 0.165 e. The van der Waals surface area contributed by atoms with Gasteiger partial charge in [-0.1, -0.05) is 18.2 Å². The molecular weight excluding hydrogens is 305 g/mol. The molecule has 5 heteroatoms. The van der Waals surface area contributed by atoms with E-state index < -0.39 is 0 Å². The SMILES string of the molecule is CCN(C)c1ccc(CN[C@@H]2CCCOc3c(F)cccc32)cn1. The molecule has 2 heterocycles. The first-order valence-corrected chi connectivity index (χ1v) is 8.49. The fourth-order valence-corrected chi connectivity index (χ4v) is 2.93. The normalized spacial score (nSPS) is 16.9. The molecule has 1 aliphatic heterocycles. The summed E-state index contributed by atoms with van der Waals surface area (Å²) in [5, 5.41) is 3.52. The average molecular weight is 329 g/mol. The highest BCUT2D eigenvalue weighted by atomic mass is 19.1. The van der Waals surface area contributed by atoms with Crippen LogP contribution in [0.5, 0.6) is 5.75 Å². The summed E-state index contributed by atoms with van der Waals surface area (Å²) in [6.07, 6.45) is 3.74. The molecule has 0 bridgehead atoms. The van der Waals surface area contributed by atoms with Gasteiger partial charge >= 0.3 is 0 Å². The van der Waals surface area contributed by atoms with Crippen molar-refractivity contribution < 1.29 is 9.13 Å². The van der Waals surface area contributed by atoms with Gasteiger partial charge in [0.2, 0.25) is 0 Å². The molecule has 0 saturated carbocycles. The quantitative estimate of drug-likeness (QED) is 0.908. The predicted molar refractivity (Wildman–Crippen MR) is 93.9 cm³/mol. The van der Waals surface area contributed by atoms with Crippen LogP contribution < -0.4 is 15.0 Å². The highest BCUT2D eigenvalue weighted by molar-refractivity contribution is 5.39. The Labute approximate surface area is 142 Å². The molecule has 0 amide bonds. The minimum absolute atomic E-state index is 0.0937. The fourth-order valence-electron chi connectivity index (χ4n) is 2.93. The molecule has 4 nitrogen and oxygen atoms in total. The van der Waals surface area contributed by atoms with Crippen LogP contribution in [-0.4, -0.2) is 25.2 Å². The Kier molecular flexibility index (Phi) is 5.30. The molecule has 1 atom stereocenters. The van der Waals surface area contributed by atoms with Crippen molar-refractivity contribution in [1.82, 2.24) is 10.3 Å². The molecule has 1 aliphatic rings. The lowest BCUT2D eigenvalue weighted by Crippen LogP contribution is -2.21. The van der Waals surface area contributed by atoms with Gasteiger partial charge in [0, 0.05) is 37.9 Å². The number of benzene rings is 1. The van der Waals surface area contributed by atoms with E-state index in [1.165, 1.54) is 6.07 Å². The highest BCUT2D eigenvalue weighted by Gasteiger charge is 2.21. The maximum absolute atomic E-state index is 14.0. The molecular formula is C19H24FN3O. The summed E-state index contributed by atoms with van der Waals surface area (Å²) in [6.45, 7) is 4.28. The molecule has 0 saturated heterocycles. The van der Waals surface area contributed by atoms with E-state index in [1.54, 1.807) is 6.07 Å². The van der Waals surface area contributed by atoms with Crippen LogP contribution in [0.2, 0.25) is 0 Å². The largest absolute Gasteiger partial charge is 0.490 e. The number of hydrogen-bond acceptors (Lipinski definition) is 4.